The van der Waals surface area contributed by atoms with Gasteiger partial charge in [0.1, 0.15) is 5.82 Å². The van der Waals surface area contributed by atoms with E-state index in [0.29, 0.717) is 5.02 Å². The predicted molar refractivity (Wildman–Crippen MR) is 119 cm³/mol. The van der Waals surface area contributed by atoms with E-state index in [1.165, 1.54) is 23.3 Å². The van der Waals surface area contributed by atoms with Crippen molar-refractivity contribution in [2.45, 2.75) is 25.7 Å². The van der Waals surface area contributed by atoms with E-state index >= 15 is 0 Å². The van der Waals surface area contributed by atoms with Crippen molar-refractivity contribution in [1.82, 2.24) is 15.1 Å². The van der Waals surface area contributed by atoms with Crippen LogP contribution in [0.15, 0.2) is 48.7 Å². The van der Waals surface area contributed by atoms with Crippen LogP contribution in [-0.4, -0.2) is 45.0 Å². The average molecular weight is 460 g/mol. The van der Waals surface area contributed by atoms with Crippen LogP contribution in [-0.2, 0) is 22.4 Å². The Labute approximate surface area is 189 Å². The average Bonchev–Trinajstić information content (AvgIpc) is 3.10. The first-order valence-electron chi connectivity index (χ1n) is 10.1. The lowest BCUT2D eigenvalue weighted by molar-refractivity contribution is -0.143. The van der Waals surface area contributed by atoms with Gasteiger partial charge in [0.25, 0.3) is 0 Å². The highest BCUT2D eigenvalue weighted by Crippen LogP contribution is 2.32. The van der Waals surface area contributed by atoms with E-state index in [2.05, 4.69) is 16.5 Å². The van der Waals surface area contributed by atoms with Gasteiger partial charge in [-0.25, -0.2) is 9.07 Å². The maximum atomic E-state index is 13.6. The summed E-state index contributed by atoms with van der Waals surface area (Å²) in [5.74, 6) is -2.41. The van der Waals surface area contributed by atoms with E-state index in [0.717, 1.165) is 42.9 Å². The molecule has 9 heteroatoms. The van der Waals surface area contributed by atoms with Gasteiger partial charge in [0, 0.05) is 5.56 Å². The molecule has 0 unspecified atom stereocenters. The van der Waals surface area contributed by atoms with Crippen LogP contribution < -0.4 is 5.32 Å². The van der Waals surface area contributed by atoms with E-state index in [1.54, 1.807) is 12.3 Å². The molecule has 0 saturated heterocycles. The number of carboxylic acid groups (broad SMARTS) is 2. The number of benzene rings is 2. The van der Waals surface area contributed by atoms with E-state index in [-0.39, 0.29) is 18.7 Å². The first-order chi connectivity index (χ1) is 15.4. The number of nitrogens with zero attached hydrogens (tertiary/aromatic N) is 2. The zero-order chi connectivity index (χ0) is 23.1. The van der Waals surface area contributed by atoms with E-state index in [4.69, 9.17) is 21.8 Å². The number of carboxylic acids is 2. The quantitative estimate of drug-likeness (QED) is 0.533. The molecule has 0 aliphatic carbocycles. The smallest absolute Gasteiger partial charge is 0.303 e. The van der Waals surface area contributed by atoms with Crippen LogP contribution >= 0.6 is 11.6 Å². The van der Waals surface area contributed by atoms with Crippen molar-refractivity contribution < 1.29 is 24.2 Å². The molecule has 0 saturated carbocycles. The standard InChI is InChI=1S/C19H17ClFN3.C4H6O4/c20-17-5-4-13-6-9-22-10-7-16(13)19(17)24-18(8-11-23-24)14-2-1-3-15(21)12-14;5-3(6)1-2-4(7)8/h1-5,8,11-12,22H,6-7,9-10H2;1-2H2,(H,5,6)(H,7,8). The first kappa shape index (κ1) is 23.4. The summed E-state index contributed by atoms with van der Waals surface area (Å²) in [7, 11) is 0. The van der Waals surface area contributed by atoms with Crippen LogP contribution in [0, 0.1) is 5.82 Å². The van der Waals surface area contributed by atoms with Crippen molar-refractivity contribution in [1.29, 1.82) is 0 Å². The zero-order valence-corrected chi connectivity index (χ0v) is 18.0. The summed E-state index contributed by atoms with van der Waals surface area (Å²) in [6.07, 6.45) is 3.00. The third-order valence-electron chi connectivity index (χ3n) is 4.98. The molecule has 3 aromatic rings. The fourth-order valence-electron chi connectivity index (χ4n) is 3.51. The largest absolute Gasteiger partial charge is 0.481 e. The summed E-state index contributed by atoms with van der Waals surface area (Å²) in [4.78, 5) is 19.3. The van der Waals surface area contributed by atoms with Gasteiger partial charge in [-0.1, -0.05) is 29.8 Å². The summed E-state index contributed by atoms with van der Waals surface area (Å²) < 4.78 is 15.5. The van der Waals surface area contributed by atoms with E-state index < -0.39 is 11.9 Å². The van der Waals surface area contributed by atoms with Crippen molar-refractivity contribution in [2.75, 3.05) is 13.1 Å². The number of rotatable bonds is 5. The molecule has 0 spiro atoms. The zero-order valence-electron chi connectivity index (χ0n) is 17.2. The molecule has 0 radical (unpaired) electrons. The number of fused-ring (bicyclic) bond motifs is 1. The van der Waals surface area contributed by atoms with Crippen molar-refractivity contribution in [3.63, 3.8) is 0 Å². The normalized spacial score (nSPS) is 12.8. The van der Waals surface area contributed by atoms with Gasteiger partial charge in [0.2, 0.25) is 0 Å². The van der Waals surface area contributed by atoms with Crippen molar-refractivity contribution in [3.05, 3.63) is 70.6 Å². The number of hydrogen-bond donors (Lipinski definition) is 3. The van der Waals surface area contributed by atoms with Crippen molar-refractivity contribution >= 4 is 23.5 Å². The van der Waals surface area contributed by atoms with Crippen LogP contribution in [0.1, 0.15) is 24.0 Å². The molecule has 0 bridgehead atoms. The lowest BCUT2D eigenvalue weighted by Crippen LogP contribution is -2.16. The third kappa shape index (κ3) is 5.93. The Morgan fingerprint density at radius 2 is 1.78 bits per heavy atom. The van der Waals surface area contributed by atoms with Gasteiger partial charge in [0.05, 0.1) is 35.4 Å². The molecule has 4 rings (SSSR count). The van der Waals surface area contributed by atoms with Gasteiger partial charge >= 0.3 is 11.9 Å². The topological polar surface area (TPSA) is 104 Å². The highest BCUT2D eigenvalue weighted by molar-refractivity contribution is 6.32. The summed E-state index contributed by atoms with van der Waals surface area (Å²) >= 11 is 6.54. The monoisotopic (exact) mass is 459 g/mol. The van der Waals surface area contributed by atoms with Gasteiger partial charge < -0.3 is 15.5 Å². The molecule has 2 aromatic carbocycles. The Bertz CT molecular complexity index is 1100. The fourth-order valence-corrected chi connectivity index (χ4v) is 3.77. The van der Waals surface area contributed by atoms with E-state index in [1.807, 2.05) is 22.9 Å². The minimum atomic E-state index is -1.08. The molecule has 3 N–H and O–H groups in total. The number of nitrogens with one attached hydrogen (secondary N) is 1. The number of carbonyl (C=O) groups is 2. The molecular formula is C23H23ClFN3O4. The molecular weight excluding hydrogens is 437 g/mol. The molecule has 32 heavy (non-hydrogen) atoms. The molecule has 0 fully saturated rings. The maximum Gasteiger partial charge on any atom is 0.303 e. The minimum Gasteiger partial charge on any atom is -0.481 e. The van der Waals surface area contributed by atoms with Crippen molar-refractivity contribution in [3.8, 4) is 16.9 Å². The highest BCUT2D eigenvalue weighted by atomic mass is 35.5. The Hall–Kier alpha value is -3.23. The molecule has 1 aliphatic heterocycles. The van der Waals surface area contributed by atoms with Gasteiger partial charge in [-0.05, 0) is 61.3 Å². The molecule has 1 aromatic heterocycles. The molecule has 0 atom stereocenters. The van der Waals surface area contributed by atoms with Crippen LogP contribution in [0.3, 0.4) is 0 Å². The molecule has 7 nitrogen and oxygen atoms in total. The first-order valence-corrected chi connectivity index (χ1v) is 10.5. The van der Waals surface area contributed by atoms with Crippen LogP contribution in [0.5, 0.6) is 0 Å². The van der Waals surface area contributed by atoms with Gasteiger partial charge in [0.15, 0.2) is 0 Å². The Morgan fingerprint density at radius 3 is 2.47 bits per heavy atom. The van der Waals surface area contributed by atoms with Crippen LogP contribution in [0.4, 0.5) is 4.39 Å². The number of aliphatic carboxylic acids is 2. The summed E-state index contributed by atoms with van der Waals surface area (Å²) in [5.41, 5.74) is 5.03. The lowest BCUT2D eigenvalue weighted by Gasteiger charge is -2.16. The van der Waals surface area contributed by atoms with Crippen molar-refractivity contribution in [2.24, 2.45) is 0 Å². The number of aromatic nitrogens is 2. The Kier molecular flexibility index (Phi) is 7.97. The lowest BCUT2D eigenvalue weighted by atomic mass is 10.0. The number of hydrogen-bond acceptors (Lipinski definition) is 4. The SMILES string of the molecule is Fc1cccc(-c2ccnn2-c2c(Cl)ccc3c2CCNCC3)c1.O=C(O)CCC(=O)O. The number of halogens is 2. The fraction of sp³-hybridized carbons (Fsp3) is 0.261. The second-order valence-corrected chi connectivity index (χ2v) is 7.62. The molecule has 0 amide bonds. The summed E-state index contributed by atoms with van der Waals surface area (Å²) in [6, 6.07) is 12.5. The van der Waals surface area contributed by atoms with Gasteiger partial charge in [-0.2, -0.15) is 5.10 Å². The second kappa shape index (κ2) is 10.9. The Balaban J connectivity index is 0.000000312. The van der Waals surface area contributed by atoms with E-state index in [9.17, 15) is 14.0 Å². The van der Waals surface area contributed by atoms with Gasteiger partial charge in [-0.3, -0.25) is 9.59 Å². The van der Waals surface area contributed by atoms with Crippen LogP contribution in [0.25, 0.3) is 16.9 Å². The highest BCUT2D eigenvalue weighted by Gasteiger charge is 2.19. The molecule has 168 valence electrons. The summed E-state index contributed by atoms with van der Waals surface area (Å²) in [6.45, 7) is 1.88. The van der Waals surface area contributed by atoms with Crippen LogP contribution in [0.2, 0.25) is 5.02 Å². The minimum absolute atomic E-state index is 0.262. The molecule has 1 aliphatic rings. The van der Waals surface area contributed by atoms with Gasteiger partial charge in [-0.15, -0.1) is 0 Å². The Morgan fingerprint density at radius 1 is 1.06 bits per heavy atom. The molecule has 2 heterocycles. The summed E-state index contributed by atoms with van der Waals surface area (Å²) in [5, 5.41) is 24.4. The third-order valence-corrected chi connectivity index (χ3v) is 5.29. The predicted octanol–water partition coefficient (Wildman–Crippen LogP) is 3.96. The maximum absolute atomic E-state index is 13.6. The second-order valence-electron chi connectivity index (χ2n) is 7.21.